The molecule has 0 radical (unpaired) electrons. The number of aromatic amines is 1. The number of ether oxygens (including phenoxy) is 1. The van der Waals surface area contributed by atoms with Crippen molar-refractivity contribution in [2.75, 3.05) is 6.61 Å². The summed E-state index contributed by atoms with van der Waals surface area (Å²) in [6, 6.07) is 9.50. The van der Waals surface area contributed by atoms with Crippen molar-refractivity contribution in [1.82, 2.24) is 20.3 Å². The molecule has 0 fully saturated rings. The maximum absolute atomic E-state index is 12.5. The Bertz CT molecular complexity index is 886. The molecule has 3 rings (SSSR count). The van der Waals surface area contributed by atoms with Crippen LogP contribution in [0.15, 0.2) is 30.3 Å². The standard InChI is InChI=1S/C18H20N4O2/c1-4-24-18-14-8-6-5-7-13(14)9-15(22-18)17(23)19-10-16-11(2)20-12(3)21-16/h5-9H,4,10H2,1-3H3,(H,19,23)(H,20,21). The first-order chi connectivity index (χ1) is 11.6. The van der Waals surface area contributed by atoms with E-state index in [0.29, 0.717) is 24.7 Å². The number of carbonyl (C=O) groups excluding carboxylic acids is 1. The maximum Gasteiger partial charge on any atom is 0.270 e. The minimum absolute atomic E-state index is 0.248. The molecule has 0 spiro atoms. The van der Waals surface area contributed by atoms with E-state index < -0.39 is 0 Å². The van der Waals surface area contributed by atoms with Crippen molar-refractivity contribution in [2.24, 2.45) is 0 Å². The zero-order valence-corrected chi connectivity index (χ0v) is 14.0. The number of aryl methyl sites for hydroxylation is 2. The fourth-order valence-corrected chi connectivity index (χ4v) is 2.61. The quantitative estimate of drug-likeness (QED) is 0.756. The van der Waals surface area contributed by atoms with Gasteiger partial charge in [0.25, 0.3) is 5.91 Å². The number of H-pyrrole nitrogens is 1. The number of amides is 1. The van der Waals surface area contributed by atoms with Crippen LogP contribution in [-0.2, 0) is 6.54 Å². The Hall–Kier alpha value is -2.89. The Balaban J connectivity index is 1.85. The average Bonchev–Trinajstić information content (AvgIpc) is 2.90. The molecule has 0 aliphatic carbocycles. The maximum atomic E-state index is 12.5. The van der Waals surface area contributed by atoms with Gasteiger partial charge in [0.1, 0.15) is 11.5 Å². The van der Waals surface area contributed by atoms with Gasteiger partial charge in [-0.3, -0.25) is 4.79 Å². The molecular formula is C18H20N4O2. The van der Waals surface area contributed by atoms with Crippen LogP contribution in [0.1, 0.15) is 34.6 Å². The predicted molar refractivity (Wildman–Crippen MR) is 92.1 cm³/mol. The lowest BCUT2D eigenvalue weighted by molar-refractivity contribution is 0.0944. The van der Waals surface area contributed by atoms with E-state index in [4.69, 9.17) is 4.74 Å². The first-order valence-corrected chi connectivity index (χ1v) is 7.91. The molecule has 2 aromatic heterocycles. The Labute approximate surface area is 140 Å². The summed E-state index contributed by atoms with van der Waals surface area (Å²) in [5.74, 6) is 1.06. The third-order valence-corrected chi connectivity index (χ3v) is 3.74. The molecule has 0 atom stereocenters. The average molecular weight is 324 g/mol. The Morgan fingerprint density at radius 2 is 2.04 bits per heavy atom. The summed E-state index contributed by atoms with van der Waals surface area (Å²) in [5, 5.41) is 4.69. The summed E-state index contributed by atoms with van der Waals surface area (Å²) < 4.78 is 5.59. The largest absolute Gasteiger partial charge is 0.478 e. The monoisotopic (exact) mass is 324 g/mol. The molecule has 0 unspecified atom stereocenters. The van der Waals surface area contributed by atoms with E-state index in [1.54, 1.807) is 6.07 Å². The second-order valence-electron chi connectivity index (χ2n) is 5.54. The van der Waals surface area contributed by atoms with E-state index in [9.17, 15) is 4.79 Å². The topological polar surface area (TPSA) is 79.9 Å². The molecule has 124 valence electrons. The highest BCUT2D eigenvalue weighted by molar-refractivity contribution is 5.98. The molecule has 6 nitrogen and oxygen atoms in total. The van der Waals surface area contributed by atoms with Crippen LogP contribution in [0, 0.1) is 13.8 Å². The lowest BCUT2D eigenvalue weighted by atomic mass is 10.1. The molecule has 0 aliphatic heterocycles. The van der Waals surface area contributed by atoms with E-state index in [1.165, 1.54) is 0 Å². The fourth-order valence-electron chi connectivity index (χ4n) is 2.61. The molecule has 0 bridgehead atoms. The Kier molecular flexibility index (Phi) is 4.46. The number of nitrogens with zero attached hydrogens (tertiary/aromatic N) is 2. The lowest BCUT2D eigenvalue weighted by Gasteiger charge is -2.10. The fraction of sp³-hybridized carbons (Fsp3) is 0.278. The number of fused-ring (bicyclic) bond motifs is 1. The summed E-state index contributed by atoms with van der Waals surface area (Å²) in [5.41, 5.74) is 2.11. The summed E-state index contributed by atoms with van der Waals surface area (Å²) in [4.78, 5) is 24.3. The zero-order valence-electron chi connectivity index (χ0n) is 14.0. The summed E-state index contributed by atoms with van der Waals surface area (Å²) >= 11 is 0. The minimum Gasteiger partial charge on any atom is -0.478 e. The third-order valence-electron chi connectivity index (χ3n) is 3.74. The van der Waals surface area contributed by atoms with E-state index in [1.807, 2.05) is 45.0 Å². The van der Waals surface area contributed by atoms with Crippen LogP contribution >= 0.6 is 0 Å². The number of benzene rings is 1. The predicted octanol–water partition coefficient (Wildman–Crippen LogP) is 2.90. The van der Waals surface area contributed by atoms with Crippen molar-refractivity contribution in [3.8, 4) is 5.88 Å². The van der Waals surface area contributed by atoms with Crippen molar-refractivity contribution < 1.29 is 9.53 Å². The lowest BCUT2D eigenvalue weighted by Crippen LogP contribution is -2.24. The molecule has 1 amide bonds. The van der Waals surface area contributed by atoms with Crippen molar-refractivity contribution in [3.05, 3.63) is 53.2 Å². The van der Waals surface area contributed by atoms with Gasteiger partial charge in [-0.15, -0.1) is 0 Å². The Morgan fingerprint density at radius 1 is 1.25 bits per heavy atom. The molecule has 6 heteroatoms. The molecule has 3 aromatic rings. The highest BCUT2D eigenvalue weighted by atomic mass is 16.5. The van der Waals surface area contributed by atoms with Gasteiger partial charge in [0.05, 0.1) is 18.8 Å². The van der Waals surface area contributed by atoms with Crippen LogP contribution in [0.2, 0.25) is 0 Å². The molecule has 0 saturated carbocycles. The van der Waals surface area contributed by atoms with E-state index in [0.717, 1.165) is 28.0 Å². The van der Waals surface area contributed by atoms with Gasteiger partial charge in [0.15, 0.2) is 0 Å². The van der Waals surface area contributed by atoms with Gasteiger partial charge in [-0.1, -0.05) is 18.2 Å². The number of carbonyl (C=O) groups is 1. The number of aromatic nitrogens is 3. The second-order valence-corrected chi connectivity index (χ2v) is 5.54. The second kappa shape index (κ2) is 6.70. The summed E-state index contributed by atoms with van der Waals surface area (Å²) in [6.07, 6.45) is 0. The van der Waals surface area contributed by atoms with Gasteiger partial charge in [-0.05, 0) is 38.3 Å². The molecule has 24 heavy (non-hydrogen) atoms. The van der Waals surface area contributed by atoms with Crippen molar-refractivity contribution in [1.29, 1.82) is 0 Å². The highest BCUT2D eigenvalue weighted by Gasteiger charge is 2.14. The molecule has 1 aromatic carbocycles. The molecule has 2 N–H and O–H groups in total. The van der Waals surface area contributed by atoms with Crippen LogP contribution in [0.25, 0.3) is 10.8 Å². The van der Waals surface area contributed by atoms with Crippen LogP contribution in [-0.4, -0.2) is 27.5 Å². The smallest absolute Gasteiger partial charge is 0.270 e. The first-order valence-electron chi connectivity index (χ1n) is 7.91. The minimum atomic E-state index is -0.248. The van der Waals surface area contributed by atoms with Crippen molar-refractivity contribution in [2.45, 2.75) is 27.3 Å². The van der Waals surface area contributed by atoms with Crippen molar-refractivity contribution in [3.63, 3.8) is 0 Å². The zero-order chi connectivity index (χ0) is 17.1. The Morgan fingerprint density at radius 3 is 2.75 bits per heavy atom. The van der Waals surface area contributed by atoms with Crippen LogP contribution < -0.4 is 10.1 Å². The van der Waals surface area contributed by atoms with Crippen LogP contribution in [0.5, 0.6) is 5.88 Å². The summed E-state index contributed by atoms with van der Waals surface area (Å²) in [6.45, 7) is 6.56. The van der Waals surface area contributed by atoms with Gasteiger partial charge in [0.2, 0.25) is 5.88 Å². The molecule has 0 aliphatic rings. The number of rotatable bonds is 5. The highest BCUT2D eigenvalue weighted by Crippen LogP contribution is 2.24. The third kappa shape index (κ3) is 3.22. The van der Waals surface area contributed by atoms with E-state index >= 15 is 0 Å². The van der Waals surface area contributed by atoms with Crippen LogP contribution in [0.4, 0.5) is 0 Å². The van der Waals surface area contributed by atoms with Crippen molar-refractivity contribution >= 4 is 16.7 Å². The van der Waals surface area contributed by atoms with Crippen LogP contribution in [0.3, 0.4) is 0 Å². The summed E-state index contributed by atoms with van der Waals surface area (Å²) in [7, 11) is 0. The van der Waals surface area contributed by atoms with Gasteiger partial charge >= 0.3 is 0 Å². The number of imidazole rings is 1. The number of hydrogen-bond donors (Lipinski definition) is 2. The first kappa shape index (κ1) is 16.0. The van der Waals surface area contributed by atoms with Gasteiger partial charge in [-0.2, -0.15) is 0 Å². The molecule has 0 saturated heterocycles. The molecule has 2 heterocycles. The van der Waals surface area contributed by atoms with E-state index in [2.05, 4.69) is 20.3 Å². The van der Waals surface area contributed by atoms with Gasteiger partial charge in [-0.25, -0.2) is 9.97 Å². The van der Waals surface area contributed by atoms with Gasteiger partial charge in [0, 0.05) is 11.1 Å². The normalized spacial score (nSPS) is 10.8. The number of hydrogen-bond acceptors (Lipinski definition) is 4. The molecular weight excluding hydrogens is 304 g/mol. The SMILES string of the molecule is CCOc1nc(C(=O)NCc2nc(C)[nH]c2C)cc2ccccc12. The van der Waals surface area contributed by atoms with E-state index in [-0.39, 0.29) is 5.91 Å². The number of pyridine rings is 1. The number of nitrogens with one attached hydrogen (secondary N) is 2. The van der Waals surface area contributed by atoms with Gasteiger partial charge < -0.3 is 15.0 Å².